The van der Waals surface area contributed by atoms with E-state index in [1.54, 1.807) is 29.7 Å². The Hall–Kier alpha value is -1.95. The molecule has 0 aliphatic carbocycles. The summed E-state index contributed by atoms with van der Waals surface area (Å²) in [4.78, 5) is 19.9. The van der Waals surface area contributed by atoms with Crippen LogP contribution < -0.4 is 10.6 Å². The molecule has 2 amide bonds. The molecule has 0 radical (unpaired) electrons. The van der Waals surface area contributed by atoms with Gasteiger partial charge in [0.1, 0.15) is 5.82 Å². The fraction of sp³-hybridized carbons (Fsp3) is 0.308. The van der Waals surface area contributed by atoms with E-state index < -0.39 is 0 Å². The van der Waals surface area contributed by atoms with Gasteiger partial charge in [0.05, 0.1) is 5.01 Å². The summed E-state index contributed by atoms with van der Waals surface area (Å²) in [7, 11) is 0. The Balaban J connectivity index is 1.64. The first kappa shape index (κ1) is 13.5. The highest BCUT2D eigenvalue weighted by atomic mass is 32.1. The summed E-state index contributed by atoms with van der Waals surface area (Å²) in [5, 5.41) is 8.62. The maximum absolute atomic E-state index is 11.6. The number of rotatable bonds is 5. The lowest BCUT2D eigenvalue weighted by Gasteiger charge is -2.05. The van der Waals surface area contributed by atoms with Gasteiger partial charge in [-0.1, -0.05) is 6.07 Å². The first-order valence-electron chi connectivity index (χ1n) is 6.11. The van der Waals surface area contributed by atoms with Crippen molar-refractivity contribution in [2.75, 3.05) is 11.9 Å². The predicted octanol–water partition coefficient (Wildman–Crippen LogP) is 2.60. The molecular formula is C13H16N4OS. The van der Waals surface area contributed by atoms with Crippen molar-refractivity contribution in [3.63, 3.8) is 0 Å². The molecule has 2 aromatic rings. The molecule has 0 atom stereocenters. The van der Waals surface area contributed by atoms with Crippen LogP contribution in [0.2, 0.25) is 0 Å². The molecule has 0 bridgehead atoms. The quantitative estimate of drug-likeness (QED) is 0.825. The van der Waals surface area contributed by atoms with Crippen LogP contribution in [-0.2, 0) is 6.42 Å². The summed E-state index contributed by atoms with van der Waals surface area (Å²) in [6, 6.07) is 5.15. The normalized spacial score (nSPS) is 10.2. The highest BCUT2D eigenvalue weighted by Gasteiger charge is 2.02. The fourth-order valence-electron chi connectivity index (χ4n) is 1.56. The second kappa shape index (κ2) is 6.84. The zero-order valence-electron chi connectivity index (χ0n) is 10.7. The van der Waals surface area contributed by atoms with Crippen molar-refractivity contribution in [1.29, 1.82) is 0 Å². The highest BCUT2D eigenvalue weighted by molar-refractivity contribution is 7.09. The number of anilines is 1. The number of nitrogens with one attached hydrogen (secondary N) is 2. The molecule has 0 saturated heterocycles. The summed E-state index contributed by atoms with van der Waals surface area (Å²) in [6.45, 7) is 2.61. The molecule has 0 aliphatic heterocycles. The minimum absolute atomic E-state index is 0.228. The molecular weight excluding hydrogens is 260 g/mol. The van der Waals surface area contributed by atoms with Crippen LogP contribution >= 0.6 is 11.3 Å². The Labute approximate surface area is 116 Å². The van der Waals surface area contributed by atoms with E-state index in [2.05, 4.69) is 20.6 Å². The molecule has 19 heavy (non-hydrogen) atoms. The summed E-state index contributed by atoms with van der Waals surface area (Å²) in [5.41, 5.74) is 1.06. The van der Waals surface area contributed by atoms with Gasteiger partial charge in [0, 0.05) is 30.2 Å². The van der Waals surface area contributed by atoms with E-state index in [-0.39, 0.29) is 6.03 Å². The number of pyridine rings is 1. The van der Waals surface area contributed by atoms with Crippen LogP contribution in [0.1, 0.15) is 17.1 Å². The molecule has 2 heterocycles. The van der Waals surface area contributed by atoms with Crippen LogP contribution in [0.3, 0.4) is 0 Å². The Bertz CT molecular complexity index is 526. The minimum Gasteiger partial charge on any atom is -0.338 e. The number of thiazole rings is 1. The van der Waals surface area contributed by atoms with Gasteiger partial charge in [-0.25, -0.2) is 14.8 Å². The molecule has 0 fully saturated rings. The molecule has 6 heteroatoms. The van der Waals surface area contributed by atoms with Crippen molar-refractivity contribution in [1.82, 2.24) is 15.3 Å². The largest absolute Gasteiger partial charge is 0.338 e. The maximum atomic E-state index is 11.6. The molecule has 2 N–H and O–H groups in total. The molecule has 0 spiro atoms. The number of aryl methyl sites for hydroxylation is 2. The van der Waals surface area contributed by atoms with Gasteiger partial charge in [0.25, 0.3) is 0 Å². The van der Waals surface area contributed by atoms with Gasteiger partial charge in [-0.2, -0.15) is 0 Å². The third-order valence-corrected chi connectivity index (χ3v) is 3.45. The Morgan fingerprint density at radius 1 is 1.42 bits per heavy atom. The van der Waals surface area contributed by atoms with Crippen LogP contribution in [0.5, 0.6) is 0 Å². The third-order valence-electron chi connectivity index (χ3n) is 2.43. The van der Waals surface area contributed by atoms with Crippen molar-refractivity contribution in [3.8, 4) is 0 Å². The van der Waals surface area contributed by atoms with Gasteiger partial charge in [-0.05, 0) is 25.5 Å². The van der Waals surface area contributed by atoms with Gasteiger partial charge in [-0.15, -0.1) is 11.3 Å². The SMILES string of the molecule is Cc1csc(CCCNC(=O)Nc2ccccn2)n1. The van der Waals surface area contributed by atoms with E-state index in [1.165, 1.54) is 0 Å². The van der Waals surface area contributed by atoms with Crippen LogP contribution in [0, 0.1) is 6.92 Å². The first-order chi connectivity index (χ1) is 9.24. The van der Waals surface area contributed by atoms with E-state index in [0.717, 1.165) is 23.5 Å². The van der Waals surface area contributed by atoms with E-state index in [0.29, 0.717) is 12.4 Å². The van der Waals surface area contributed by atoms with Crippen LogP contribution in [0.25, 0.3) is 0 Å². The summed E-state index contributed by atoms with van der Waals surface area (Å²) in [5.74, 6) is 0.551. The van der Waals surface area contributed by atoms with Gasteiger partial charge < -0.3 is 5.32 Å². The molecule has 0 saturated carbocycles. The van der Waals surface area contributed by atoms with E-state index in [4.69, 9.17) is 0 Å². The van der Waals surface area contributed by atoms with Crippen LogP contribution in [0.15, 0.2) is 29.8 Å². The van der Waals surface area contributed by atoms with Crippen molar-refractivity contribution < 1.29 is 4.79 Å². The lowest BCUT2D eigenvalue weighted by molar-refractivity contribution is 0.252. The molecule has 2 rings (SSSR count). The van der Waals surface area contributed by atoms with Crippen LogP contribution in [-0.4, -0.2) is 22.5 Å². The summed E-state index contributed by atoms with van der Waals surface area (Å²) >= 11 is 1.66. The number of hydrogen-bond donors (Lipinski definition) is 2. The standard InChI is InChI=1S/C13H16N4OS/c1-10-9-19-12(16-10)6-4-8-15-13(18)17-11-5-2-3-7-14-11/h2-3,5,7,9H,4,6,8H2,1H3,(H2,14,15,17,18). The number of aromatic nitrogens is 2. The minimum atomic E-state index is -0.228. The summed E-state index contributed by atoms with van der Waals surface area (Å²) in [6.07, 6.45) is 3.41. The highest BCUT2D eigenvalue weighted by Crippen LogP contribution is 2.10. The Morgan fingerprint density at radius 3 is 3.00 bits per heavy atom. The average Bonchev–Trinajstić information content (AvgIpc) is 2.82. The number of carbonyl (C=O) groups excluding carboxylic acids is 1. The number of nitrogens with zero attached hydrogens (tertiary/aromatic N) is 2. The van der Waals surface area contributed by atoms with E-state index in [1.807, 2.05) is 18.4 Å². The monoisotopic (exact) mass is 276 g/mol. The zero-order chi connectivity index (χ0) is 13.5. The molecule has 0 unspecified atom stereocenters. The maximum Gasteiger partial charge on any atom is 0.320 e. The van der Waals surface area contributed by atoms with Crippen molar-refractivity contribution >= 4 is 23.2 Å². The van der Waals surface area contributed by atoms with Gasteiger partial charge >= 0.3 is 6.03 Å². The Morgan fingerprint density at radius 2 is 2.32 bits per heavy atom. The fourth-order valence-corrected chi connectivity index (χ4v) is 2.37. The van der Waals surface area contributed by atoms with Crippen molar-refractivity contribution in [3.05, 3.63) is 40.5 Å². The Kier molecular flexibility index (Phi) is 4.85. The average molecular weight is 276 g/mol. The molecule has 0 aliphatic rings. The van der Waals surface area contributed by atoms with Crippen molar-refractivity contribution in [2.24, 2.45) is 0 Å². The topological polar surface area (TPSA) is 66.9 Å². The van der Waals surface area contributed by atoms with Gasteiger partial charge in [0.2, 0.25) is 0 Å². The molecule has 0 aromatic carbocycles. The zero-order valence-corrected chi connectivity index (χ0v) is 11.5. The second-order valence-electron chi connectivity index (χ2n) is 4.08. The number of amides is 2. The van der Waals surface area contributed by atoms with Gasteiger partial charge in [-0.3, -0.25) is 5.32 Å². The summed E-state index contributed by atoms with van der Waals surface area (Å²) < 4.78 is 0. The van der Waals surface area contributed by atoms with E-state index in [9.17, 15) is 4.79 Å². The lowest BCUT2D eigenvalue weighted by Crippen LogP contribution is -2.30. The van der Waals surface area contributed by atoms with Gasteiger partial charge in [0.15, 0.2) is 0 Å². The predicted molar refractivity (Wildman–Crippen MR) is 76.4 cm³/mol. The lowest BCUT2D eigenvalue weighted by atomic mass is 10.3. The molecule has 5 nitrogen and oxygen atoms in total. The second-order valence-corrected chi connectivity index (χ2v) is 5.02. The molecule has 2 aromatic heterocycles. The van der Waals surface area contributed by atoms with Crippen LogP contribution in [0.4, 0.5) is 10.6 Å². The number of urea groups is 1. The smallest absolute Gasteiger partial charge is 0.320 e. The first-order valence-corrected chi connectivity index (χ1v) is 6.99. The molecule has 100 valence electrons. The van der Waals surface area contributed by atoms with E-state index >= 15 is 0 Å². The number of hydrogen-bond acceptors (Lipinski definition) is 4. The number of carbonyl (C=O) groups is 1. The third kappa shape index (κ3) is 4.67. The van der Waals surface area contributed by atoms with Crippen molar-refractivity contribution in [2.45, 2.75) is 19.8 Å².